The van der Waals surface area contributed by atoms with Crippen molar-refractivity contribution in [2.24, 2.45) is 0 Å². The third-order valence-corrected chi connectivity index (χ3v) is 3.80. The third kappa shape index (κ3) is 3.77. The Hall–Kier alpha value is -2.64. The van der Waals surface area contributed by atoms with Crippen molar-refractivity contribution < 1.29 is 4.79 Å². The van der Waals surface area contributed by atoms with Crippen LogP contribution in [0.15, 0.2) is 84.9 Å². The van der Waals surface area contributed by atoms with Gasteiger partial charge in [0.05, 0.1) is 0 Å². The van der Waals surface area contributed by atoms with Crippen LogP contribution in [-0.2, 0) is 0 Å². The van der Waals surface area contributed by atoms with E-state index in [0.717, 1.165) is 11.1 Å². The lowest BCUT2D eigenvalue weighted by Crippen LogP contribution is -2.02. The zero-order valence-corrected chi connectivity index (χ0v) is 13.2. The van der Waals surface area contributed by atoms with E-state index in [4.69, 9.17) is 11.6 Å². The van der Waals surface area contributed by atoms with Crippen molar-refractivity contribution in [2.75, 3.05) is 0 Å². The summed E-state index contributed by atoms with van der Waals surface area (Å²) in [6, 6.07) is 26.5. The number of halogens is 1. The van der Waals surface area contributed by atoms with E-state index in [9.17, 15) is 4.79 Å². The van der Waals surface area contributed by atoms with Crippen LogP contribution in [0, 0.1) is 0 Å². The molecule has 3 aromatic rings. The number of carbonyl (C=O) groups is 1. The van der Waals surface area contributed by atoms with E-state index < -0.39 is 0 Å². The van der Waals surface area contributed by atoms with Gasteiger partial charge >= 0.3 is 0 Å². The Balaban J connectivity index is 2.07. The normalized spacial score (nSPS) is 11.3. The molecule has 0 atom stereocenters. The fourth-order valence-corrected chi connectivity index (χ4v) is 2.49. The van der Waals surface area contributed by atoms with E-state index in [0.29, 0.717) is 16.2 Å². The first kappa shape index (κ1) is 15.3. The van der Waals surface area contributed by atoms with Crippen molar-refractivity contribution in [1.29, 1.82) is 0 Å². The highest BCUT2D eigenvalue weighted by Gasteiger charge is 2.14. The van der Waals surface area contributed by atoms with Crippen LogP contribution in [0.3, 0.4) is 0 Å². The minimum atomic E-state index is 0.00625. The summed E-state index contributed by atoms with van der Waals surface area (Å²) in [6.07, 6.45) is 1.90. The second-order valence-electron chi connectivity index (χ2n) is 5.17. The highest BCUT2D eigenvalue weighted by atomic mass is 35.5. The number of ketones is 1. The van der Waals surface area contributed by atoms with E-state index in [-0.39, 0.29) is 5.78 Å². The Morgan fingerprint density at radius 3 is 1.78 bits per heavy atom. The molecule has 0 N–H and O–H groups in total. The highest BCUT2D eigenvalue weighted by Crippen LogP contribution is 2.23. The molecule has 0 amide bonds. The molecule has 0 aliphatic carbocycles. The summed E-state index contributed by atoms with van der Waals surface area (Å²) < 4.78 is 0. The van der Waals surface area contributed by atoms with Crippen molar-refractivity contribution in [3.63, 3.8) is 0 Å². The lowest BCUT2D eigenvalue weighted by atomic mass is 9.95. The van der Waals surface area contributed by atoms with Crippen LogP contribution in [0.25, 0.3) is 11.6 Å². The summed E-state index contributed by atoms with van der Waals surface area (Å²) in [7, 11) is 0. The van der Waals surface area contributed by atoms with Gasteiger partial charge in [-0.1, -0.05) is 84.4 Å². The lowest BCUT2D eigenvalue weighted by molar-refractivity contribution is 0.105. The molecule has 3 rings (SSSR count). The van der Waals surface area contributed by atoms with Crippen LogP contribution in [0.2, 0.25) is 5.02 Å². The monoisotopic (exact) mass is 318 g/mol. The van der Waals surface area contributed by atoms with E-state index in [1.54, 1.807) is 0 Å². The summed E-state index contributed by atoms with van der Waals surface area (Å²) >= 11 is 5.94. The predicted octanol–water partition coefficient (Wildman–Crippen LogP) is 5.76. The number of allylic oxidation sites excluding steroid dienone is 1. The van der Waals surface area contributed by atoms with E-state index in [2.05, 4.69) is 0 Å². The second-order valence-corrected chi connectivity index (χ2v) is 5.61. The molecule has 0 unspecified atom stereocenters. The number of Topliss-reactive ketones (excluding diaryl/α,β-unsaturated/α-hetero) is 1. The first-order valence-electron chi connectivity index (χ1n) is 7.36. The molecule has 3 aromatic carbocycles. The molecular weight excluding hydrogens is 304 g/mol. The molecule has 0 radical (unpaired) electrons. The molecule has 0 fully saturated rings. The fraction of sp³-hybridized carbons (Fsp3) is 0. The quantitative estimate of drug-likeness (QED) is 0.339. The average molecular weight is 319 g/mol. The first-order valence-corrected chi connectivity index (χ1v) is 7.74. The zero-order valence-electron chi connectivity index (χ0n) is 12.4. The summed E-state index contributed by atoms with van der Waals surface area (Å²) in [5.74, 6) is 0.00625. The maximum atomic E-state index is 12.9. The van der Waals surface area contributed by atoms with Crippen molar-refractivity contribution >= 4 is 29.0 Å². The molecule has 0 heterocycles. The molecule has 0 saturated heterocycles. The molecule has 1 nitrogen and oxygen atoms in total. The molecule has 2 heteroatoms. The standard InChI is InChI=1S/C21H15ClO/c22-19-13-11-16(12-14-19)15-20(17-7-3-1-4-8-17)21(23)18-9-5-2-6-10-18/h1-15H/b20-15-. The van der Waals surface area contributed by atoms with Crippen molar-refractivity contribution in [1.82, 2.24) is 0 Å². The molecule has 0 bridgehead atoms. The Morgan fingerprint density at radius 1 is 0.696 bits per heavy atom. The largest absolute Gasteiger partial charge is 0.289 e. The SMILES string of the molecule is O=C(/C(=C\c1ccc(Cl)cc1)c1ccccc1)c1ccccc1. The van der Waals surface area contributed by atoms with Crippen LogP contribution >= 0.6 is 11.6 Å². The summed E-state index contributed by atoms with van der Waals surface area (Å²) in [5.41, 5.74) is 3.18. The van der Waals surface area contributed by atoms with E-state index in [1.165, 1.54) is 0 Å². The topological polar surface area (TPSA) is 17.1 Å². The van der Waals surface area contributed by atoms with Crippen molar-refractivity contribution in [2.45, 2.75) is 0 Å². The average Bonchev–Trinajstić information content (AvgIpc) is 2.62. The number of carbonyl (C=O) groups excluding carboxylic acids is 1. The van der Waals surface area contributed by atoms with Gasteiger partial charge in [-0.25, -0.2) is 0 Å². The van der Waals surface area contributed by atoms with Gasteiger partial charge < -0.3 is 0 Å². The van der Waals surface area contributed by atoms with Gasteiger partial charge in [-0.3, -0.25) is 4.79 Å². The Kier molecular flexibility index (Phi) is 4.70. The fourth-order valence-electron chi connectivity index (χ4n) is 2.37. The summed E-state index contributed by atoms with van der Waals surface area (Å²) in [4.78, 5) is 12.9. The number of benzene rings is 3. The third-order valence-electron chi connectivity index (χ3n) is 3.55. The molecule has 112 valence electrons. The zero-order chi connectivity index (χ0) is 16.1. The number of rotatable bonds is 4. The predicted molar refractivity (Wildman–Crippen MR) is 96.5 cm³/mol. The molecule has 0 aromatic heterocycles. The van der Waals surface area contributed by atoms with Gasteiger partial charge in [0.2, 0.25) is 0 Å². The Labute approximate surface area is 140 Å². The number of hydrogen-bond donors (Lipinski definition) is 0. The van der Waals surface area contributed by atoms with Crippen molar-refractivity contribution in [3.05, 3.63) is 107 Å². The minimum absolute atomic E-state index is 0.00625. The summed E-state index contributed by atoms with van der Waals surface area (Å²) in [6.45, 7) is 0. The van der Waals surface area contributed by atoms with Gasteiger partial charge in [-0.2, -0.15) is 0 Å². The molecule has 0 saturated carbocycles. The number of hydrogen-bond acceptors (Lipinski definition) is 1. The maximum Gasteiger partial charge on any atom is 0.193 e. The van der Waals surface area contributed by atoms with Crippen LogP contribution in [0.5, 0.6) is 0 Å². The molecule has 0 spiro atoms. The molecule has 0 aliphatic heterocycles. The molecular formula is C21H15ClO. The maximum absolute atomic E-state index is 12.9. The van der Waals surface area contributed by atoms with Gasteiger partial charge in [-0.05, 0) is 29.3 Å². The van der Waals surface area contributed by atoms with Gasteiger partial charge in [0.25, 0.3) is 0 Å². The van der Waals surface area contributed by atoms with Crippen LogP contribution in [0.4, 0.5) is 0 Å². The van der Waals surface area contributed by atoms with Gasteiger partial charge in [0.1, 0.15) is 0 Å². The van der Waals surface area contributed by atoms with Gasteiger partial charge in [0, 0.05) is 16.2 Å². The lowest BCUT2D eigenvalue weighted by Gasteiger charge is -2.08. The van der Waals surface area contributed by atoms with E-state index >= 15 is 0 Å². The van der Waals surface area contributed by atoms with Crippen LogP contribution in [0.1, 0.15) is 21.5 Å². The molecule has 0 aliphatic rings. The van der Waals surface area contributed by atoms with Crippen LogP contribution < -0.4 is 0 Å². The Morgan fingerprint density at radius 2 is 1.22 bits per heavy atom. The smallest absolute Gasteiger partial charge is 0.193 e. The first-order chi connectivity index (χ1) is 11.2. The summed E-state index contributed by atoms with van der Waals surface area (Å²) in [5, 5.41) is 0.679. The van der Waals surface area contributed by atoms with Crippen LogP contribution in [-0.4, -0.2) is 5.78 Å². The van der Waals surface area contributed by atoms with E-state index in [1.807, 2.05) is 91.0 Å². The molecule has 23 heavy (non-hydrogen) atoms. The van der Waals surface area contributed by atoms with Gasteiger partial charge in [-0.15, -0.1) is 0 Å². The Bertz CT molecular complexity index is 819. The minimum Gasteiger partial charge on any atom is -0.289 e. The second kappa shape index (κ2) is 7.08. The highest BCUT2D eigenvalue weighted by molar-refractivity contribution is 6.32. The van der Waals surface area contributed by atoms with Gasteiger partial charge in [0.15, 0.2) is 5.78 Å². The van der Waals surface area contributed by atoms with Crippen molar-refractivity contribution in [3.8, 4) is 0 Å².